The van der Waals surface area contributed by atoms with Crippen LogP contribution in [0.15, 0.2) is 65.5 Å². The van der Waals surface area contributed by atoms with Crippen molar-refractivity contribution in [2.75, 3.05) is 5.75 Å². The van der Waals surface area contributed by atoms with Crippen LogP contribution in [0.2, 0.25) is 0 Å². The van der Waals surface area contributed by atoms with Crippen LogP contribution < -0.4 is 0 Å². The molecule has 0 N–H and O–H groups in total. The number of amides is 1. The van der Waals surface area contributed by atoms with Gasteiger partial charge < -0.3 is 13.9 Å². The highest BCUT2D eigenvalue weighted by atomic mass is 32.2. The number of carbonyl (C=O) groups is 1. The van der Waals surface area contributed by atoms with Crippen LogP contribution in [-0.2, 0) is 17.5 Å². The maximum Gasteiger partial charge on any atom is 0.418 e. The Bertz CT molecular complexity index is 950. The predicted molar refractivity (Wildman–Crippen MR) is 95.2 cm³/mol. The van der Waals surface area contributed by atoms with E-state index in [9.17, 15) is 18.0 Å². The maximum absolute atomic E-state index is 13.3. The van der Waals surface area contributed by atoms with Gasteiger partial charge in [-0.25, -0.2) is 0 Å². The van der Waals surface area contributed by atoms with Crippen LogP contribution in [-0.4, -0.2) is 21.1 Å². The van der Waals surface area contributed by atoms with Crippen molar-refractivity contribution in [3.05, 3.63) is 78.0 Å². The molecule has 1 amide bonds. The number of benzene rings is 1. The molecule has 4 rings (SSSR count). The van der Waals surface area contributed by atoms with Gasteiger partial charge in [0.05, 0.1) is 29.8 Å². The molecule has 1 aliphatic rings. The highest BCUT2D eigenvalue weighted by molar-refractivity contribution is 8.00. The lowest BCUT2D eigenvalue weighted by molar-refractivity contribution is -0.137. The van der Waals surface area contributed by atoms with Gasteiger partial charge in [0, 0.05) is 18.0 Å². The van der Waals surface area contributed by atoms with Crippen LogP contribution in [0.4, 0.5) is 13.2 Å². The molecule has 2 aromatic heterocycles. The fourth-order valence-electron chi connectivity index (χ4n) is 3.12. The molecule has 0 aliphatic carbocycles. The van der Waals surface area contributed by atoms with E-state index in [2.05, 4.69) is 0 Å². The Morgan fingerprint density at radius 3 is 2.70 bits per heavy atom. The van der Waals surface area contributed by atoms with Gasteiger partial charge in [-0.3, -0.25) is 4.79 Å². The SMILES string of the molecule is O=C1CS[C@@H](c2ccn(-c3ccccc3C(F)(F)F)c2)N1Cc1ccco1. The Kier molecular flexibility index (Phi) is 4.51. The summed E-state index contributed by atoms with van der Waals surface area (Å²) >= 11 is 1.45. The van der Waals surface area contributed by atoms with E-state index >= 15 is 0 Å². The van der Waals surface area contributed by atoms with E-state index in [0.717, 1.165) is 11.6 Å². The highest BCUT2D eigenvalue weighted by Gasteiger charge is 2.35. The van der Waals surface area contributed by atoms with Crippen molar-refractivity contribution in [3.63, 3.8) is 0 Å². The number of rotatable bonds is 4. The van der Waals surface area contributed by atoms with Crippen molar-refractivity contribution >= 4 is 17.7 Å². The average molecular weight is 392 g/mol. The second-order valence-electron chi connectivity index (χ2n) is 6.13. The van der Waals surface area contributed by atoms with Gasteiger partial charge in [0.25, 0.3) is 0 Å². The van der Waals surface area contributed by atoms with Crippen molar-refractivity contribution < 1.29 is 22.4 Å². The molecule has 3 aromatic rings. The highest BCUT2D eigenvalue weighted by Crippen LogP contribution is 2.41. The van der Waals surface area contributed by atoms with Gasteiger partial charge in [-0.1, -0.05) is 12.1 Å². The number of alkyl halides is 3. The molecule has 1 aromatic carbocycles. The molecule has 0 spiro atoms. The van der Waals surface area contributed by atoms with Gasteiger partial charge in [-0.05, 0) is 30.3 Å². The lowest BCUT2D eigenvalue weighted by Gasteiger charge is -2.22. The summed E-state index contributed by atoms with van der Waals surface area (Å²) in [6.45, 7) is 0.327. The summed E-state index contributed by atoms with van der Waals surface area (Å²) in [6, 6.07) is 10.7. The summed E-state index contributed by atoms with van der Waals surface area (Å²) in [6.07, 6.45) is 0.345. The Morgan fingerprint density at radius 1 is 1.15 bits per heavy atom. The van der Waals surface area contributed by atoms with E-state index in [0.29, 0.717) is 18.1 Å². The summed E-state index contributed by atoms with van der Waals surface area (Å²) in [5, 5.41) is -0.262. The number of halogens is 3. The molecule has 3 heterocycles. The lowest BCUT2D eigenvalue weighted by atomic mass is 10.1. The van der Waals surface area contributed by atoms with Crippen LogP contribution >= 0.6 is 11.8 Å². The number of hydrogen-bond acceptors (Lipinski definition) is 3. The van der Waals surface area contributed by atoms with Crippen LogP contribution in [0.25, 0.3) is 5.69 Å². The minimum atomic E-state index is -4.44. The summed E-state index contributed by atoms with van der Waals surface area (Å²) in [4.78, 5) is 13.9. The number of thioether (sulfide) groups is 1. The minimum Gasteiger partial charge on any atom is -0.467 e. The normalized spacial score (nSPS) is 17.7. The third kappa shape index (κ3) is 3.49. The molecule has 1 atom stereocenters. The van der Waals surface area contributed by atoms with Gasteiger partial charge in [0.2, 0.25) is 5.91 Å². The molecular formula is C19H15F3N2O2S. The Morgan fingerprint density at radius 2 is 1.96 bits per heavy atom. The predicted octanol–water partition coefficient (Wildman–Crippen LogP) is 4.86. The van der Waals surface area contributed by atoms with Gasteiger partial charge in [-0.2, -0.15) is 13.2 Å². The summed E-state index contributed by atoms with van der Waals surface area (Å²) in [7, 11) is 0. The molecule has 140 valence electrons. The van der Waals surface area contributed by atoms with Gasteiger partial charge in [0.15, 0.2) is 0 Å². The molecule has 0 radical (unpaired) electrons. The van der Waals surface area contributed by atoms with Gasteiger partial charge in [-0.15, -0.1) is 11.8 Å². The Hall–Kier alpha value is -2.61. The fraction of sp³-hybridized carbons (Fsp3) is 0.211. The largest absolute Gasteiger partial charge is 0.467 e. The van der Waals surface area contributed by atoms with Crippen molar-refractivity contribution in [2.24, 2.45) is 0 Å². The molecule has 1 fully saturated rings. The topological polar surface area (TPSA) is 38.4 Å². The Labute approximate surface area is 157 Å². The Balaban J connectivity index is 1.64. The first-order valence-electron chi connectivity index (χ1n) is 8.21. The first-order chi connectivity index (χ1) is 12.9. The van der Waals surface area contributed by atoms with Crippen LogP contribution in [0, 0.1) is 0 Å². The molecule has 4 nitrogen and oxygen atoms in total. The second kappa shape index (κ2) is 6.84. The molecule has 1 saturated heterocycles. The van der Waals surface area contributed by atoms with Crippen molar-refractivity contribution in [2.45, 2.75) is 18.1 Å². The lowest BCUT2D eigenvalue weighted by Crippen LogP contribution is -2.27. The van der Waals surface area contributed by atoms with Gasteiger partial charge >= 0.3 is 6.18 Å². The smallest absolute Gasteiger partial charge is 0.418 e. The number of nitrogens with zero attached hydrogens (tertiary/aromatic N) is 2. The molecule has 1 aliphatic heterocycles. The van der Waals surface area contributed by atoms with Crippen molar-refractivity contribution in [1.29, 1.82) is 0 Å². The third-order valence-electron chi connectivity index (χ3n) is 4.36. The van der Waals surface area contributed by atoms with Crippen LogP contribution in [0.3, 0.4) is 0 Å². The van der Waals surface area contributed by atoms with Crippen molar-refractivity contribution in [1.82, 2.24) is 9.47 Å². The molecule has 27 heavy (non-hydrogen) atoms. The van der Waals surface area contributed by atoms with Crippen LogP contribution in [0.1, 0.15) is 22.3 Å². The third-order valence-corrected chi connectivity index (χ3v) is 5.62. The van der Waals surface area contributed by atoms with E-state index in [4.69, 9.17) is 4.42 Å². The van der Waals surface area contributed by atoms with E-state index < -0.39 is 11.7 Å². The average Bonchev–Trinajstić information content (AvgIpc) is 3.37. The monoisotopic (exact) mass is 392 g/mol. The standard InChI is InChI=1S/C19H15F3N2O2S/c20-19(21,22)15-5-1-2-6-16(15)23-8-7-13(10-23)18-24(17(25)12-27-18)11-14-4-3-9-26-14/h1-10,18H,11-12H2/t18-/m0/s1. The summed E-state index contributed by atoms with van der Waals surface area (Å²) < 4.78 is 46.6. The maximum atomic E-state index is 13.3. The quantitative estimate of drug-likeness (QED) is 0.636. The van der Waals surface area contributed by atoms with E-state index in [1.54, 1.807) is 47.8 Å². The second-order valence-corrected chi connectivity index (χ2v) is 7.20. The first kappa shape index (κ1) is 17.8. The van der Waals surface area contributed by atoms with E-state index in [-0.39, 0.29) is 17.0 Å². The molecule has 8 heteroatoms. The molecule has 0 bridgehead atoms. The molecular weight excluding hydrogens is 377 g/mol. The first-order valence-corrected chi connectivity index (χ1v) is 9.26. The summed E-state index contributed by atoms with van der Waals surface area (Å²) in [5.41, 5.74) is 0.132. The number of hydrogen-bond donors (Lipinski definition) is 0. The summed E-state index contributed by atoms with van der Waals surface area (Å²) in [5.74, 6) is 0.970. The zero-order valence-electron chi connectivity index (χ0n) is 14.0. The number of aromatic nitrogens is 1. The molecule has 0 saturated carbocycles. The number of carbonyl (C=O) groups excluding carboxylic acids is 1. The number of furan rings is 1. The van der Waals surface area contributed by atoms with Crippen molar-refractivity contribution in [3.8, 4) is 5.69 Å². The van der Waals surface area contributed by atoms with E-state index in [1.807, 2.05) is 0 Å². The number of para-hydroxylation sites is 1. The van der Waals surface area contributed by atoms with E-state index in [1.165, 1.54) is 28.5 Å². The fourth-order valence-corrected chi connectivity index (χ4v) is 4.29. The molecule has 0 unspecified atom stereocenters. The van der Waals surface area contributed by atoms with Crippen LogP contribution in [0.5, 0.6) is 0 Å². The zero-order valence-corrected chi connectivity index (χ0v) is 14.8. The zero-order chi connectivity index (χ0) is 19.0. The minimum absolute atomic E-state index is 0.0233. The van der Waals surface area contributed by atoms with Gasteiger partial charge in [0.1, 0.15) is 11.1 Å².